The van der Waals surface area contributed by atoms with Crippen LogP contribution < -0.4 is 10.0 Å². The maximum atomic E-state index is 11.0. The number of hydrogen-bond donors (Lipinski definition) is 2. The summed E-state index contributed by atoms with van der Waals surface area (Å²) in [6, 6.07) is 1.53. The summed E-state index contributed by atoms with van der Waals surface area (Å²) in [7, 11) is -1.19. The average molecular weight is 201 g/mol. The highest BCUT2D eigenvalue weighted by Crippen LogP contribution is 2.08. The topological polar surface area (TPSA) is 70.3 Å². The molecule has 1 amide bonds. The molecule has 1 atom stereocenters. The van der Waals surface area contributed by atoms with Gasteiger partial charge in [0.05, 0.1) is 10.8 Å². The Morgan fingerprint density at radius 3 is 2.85 bits per heavy atom. The van der Waals surface area contributed by atoms with E-state index < -0.39 is 10.8 Å². The fourth-order valence-electron chi connectivity index (χ4n) is 0.842. The van der Waals surface area contributed by atoms with Gasteiger partial charge in [0.15, 0.2) is 0 Å². The lowest BCUT2D eigenvalue weighted by molar-refractivity contribution is -0.905. The van der Waals surface area contributed by atoms with Gasteiger partial charge in [-0.1, -0.05) is 0 Å². The summed E-state index contributed by atoms with van der Waals surface area (Å²) in [6.07, 6.45) is 4.58. The lowest BCUT2D eigenvalue weighted by Crippen LogP contribution is -2.30. The van der Waals surface area contributed by atoms with Crippen molar-refractivity contribution in [1.29, 1.82) is 0 Å². The predicted molar refractivity (Wildman–Crippen MR) is 45.8 cm³/mol. The Labute approximate surface area is 77.4 Å². The number of nitrogens with zero attached hydrogens (tertiary/aromatic N) is 1. The quantitative estimate of drug-likeness (QED) is 0.394. The number of carbonyl (C=O) groups is 1. The minimum Gasteiger partial charge on any atom is -0.324 e. The Balaban J connectivity index is 3.10. The molecule has 0 saturated carbocycles. The predicted octanol–water partition coefficient (Wildman–Crippen LogP) is -0.483. The number of nitrogens with one attached hydrogen (secondary N) is 1. The number of hydrogen-bond acceptors (Lipinski definition) is 3. The first-order valence-corrected chi connectivity index (χ1v) is 4.98. The highest BCUT2D eigenvalue weighted by Gasteiger charge is 2.08. The van der Waals surface area contributed by atoms with Crippen LogP contribution in [0.5, 0.6) is 0 Å². The van der Waals surface area contributed by atoms with E-state index in [4.69, 9.17) is 5.21 Å². The standard InChI is InChI=1S/C7H8N2O3S/c1-13(12)7-2-6(8-5-10)3-9(11)4-7/h2-5H,1H3,(H-,8,10,11)/p+1. The zero-order chi connectivity index (χ0) is 9.84. The molecule has 1 aromatic rings. The summed E-state index contributed by atoms with van der Waals surface area (Å²) in [5.41, 5.74) is 0.394. The number of rotatable bonds is 3. The van der Waals surface area contributed by atoms with E-state index in [1.54, 1.807) is 0 Å². The van der Waals surface area contributed by atoms with Gasteiger partial charge < -0.3 is 5.32 Å². The van der Waals surface area contributed by atoms with Crippen LogP contribution in [0.4, 0.5) is 5.69 Å². The van der Waals surface area contributed by atoms with Gasteiger partial charge in [0.1, 0.15) is 10.6 Å². The molecule has 0 saturated heterocycles. The van der Waals surface area contributed by atoms with E-state index >= 15 is 0 Å². The summed E-state index contributed by atoms with van der Waals surface area (Å²) >= 11 is 0. The molecule has 0 aliphatic carbocycles. The second-order valence-electron chi connectivity index (χ2n) is 2.36. The molecule has 1 unspecified atom stereocenters. The maximum absolute atomic E-state index is 11.0. The van der Waals surface area contributed by atoms with Crippen molar-refractivity contribution in [1.82, 2.24) is 0 Å². The van der Waals surface area contributed by atoms with Gasteiger partial charge in [-0.3, -0.25) is 14.2 Å². The summed E-state index contributed by atoms with van der Waals surface area (Å²) in [4.78, 5) is 10.5. The SMILES string of the molecule is CS(=O)c1cc(NC=O)c[n+](O)c1. The molecule has 0 bridgehead atoms. The Morgan fingerprint density at radius 2 is 2.31 bits per heavy atom. The second kappa shape index (κ2) is 3.99. The van der Waals surface area contributed by atoms with Crippen LogP contribution in [0.15, 0.2) is 23.4 Å². The summed E-state index contributed by atoms with van der Waals surface area (Å²) in [6.45, 7) is 0. The molecule has 0 fully saturated rings. The van der Waals surface area contributed by atoms with Gasteiger partial charge in [0.25, 0.3) is 0 Å². The van der Waals surface area contributed by atoms with Gasteiger partial charge in [0, 0.05) is 11.0 Å². The third kappa shape index (κ3) is 2.51. The minimum absolute atomic E-state index is 0.394. The van der Waals surface area contributed by atoms with Crippen LogP contribution in [0.3, 0.4) is 0 Å². The second-order valence-corrected chi connectivity index (χ2v) is 3.74. The number of aromatic nitrogens is 1. The molecule has 1 aromatic heterocycles. The van der Waals surface area contributed by atoms with Crippen molar-refractivity contribution in [2.45, 2.75) is 4.90 Å². The first-order valence-electron chi connectivity index (χ1n) is 3.42. The molecule has 1 heterocycles. The molecule has 6 heteroatoms. The lowest BCUT2D eigenvalue weighted by Gasteiger charge is -1.97. The highest BCUT2D eigenvalue weighted by molar-refractivity contribution is 7.84. The first-order chi connectivity index (χ1) is 6.13. The van der Waals surface area contributed by atoms with Crippen LogP contribution in [0.25, 0.3) is 0 Å². The molecule has 13 heavy (non-hydrogen) atoms. The normalized spacial score (nSPS) is 12.1. The fraction of sp³-hybridized carbons (Fsp3) is 0.143. The van der Waals surface area contributed by atoms with Crippen LogP contribution >= 0.6 is 0 Å². The van der Waals surface area contributed by atoms with E-state index in [-0.39, 0.29) is 0 Å². The smallest absolute Gasteiger partial charge is 0.245 e. The molecule has 70 valence electrons. The molecule has 0 aliphatic rings. The van der Waals surface area contributed by atoms with E-state index in [9.17, 15) is 9.00 Å². The molecule has 2 N–H and O–H groups in total. The van der Waals surface area contributed by atoms with Gasteiger partial charge >= 0.3 is 0 Å². The molecular weight excluding hydrogens is 192 g/mol. The van der Waals surface area contributed by atoms with Crippen LogP contribution in [-0.2, 0) is 15.6 Å². The van der Waals surface area contributed by atoms with Crippen LogP contribution in [-0.4, -0.2) is 22.1 Å². The summed E-state index contributed by atoms with van der Waals surface area (Å²) < 4.78 is 11.8. The molecule has 1 rings (SSSR count). The van der Waals surface area contributed by atoms with E-state index in [1.165, 1.54) is 24.7 Å². The lowest BCUT2D eigenvalue weighted by atomic mass is 10.4. The number of pyridine rings is 1. The van der Waals surface area contributed by atoms with Gasteiger partial charge in [-0.25, -0.2) is 0 Å². The molecule has 0 aliphatic heterocycles. The van der Waals surface area contributed by atoms with Crippen molar-refractivity contribution in [2.75, 3.05) is 11.6 Å². The van der Waals surface area contributed by atoms with Gasteiger partial charge in [0.2, 0.25) is 18.8 Å². The van der Waals surface area contributed by atoms with Crippen molar-refractivity contribution in [3.05, 3.63) is 18.5 Å². The average Bonchev–Trinajstić information content (AvgIpc) is 2.03. The summed E-state index contributed by atoms with van der Waals surface area (Å²) in [5, 5.41) is 11.4. The number of anilines is 1. The van der Waals surface area contributed by atoms with Gasteiger partial charge in [-0.15, -0.1) is 0 Å². The Kier molecular flexibility index (Phi) is 2.97. The van der Waals surface area contributed by atoms with E-state index in [0.29, 0.717) is 17.0 Å². The zero-order valence-electron chi connectivity index (χ0n) is 6.93. The van der Waals surface area contributed by atoms with Crippen LogP contribution in [0.2, 0.25) is 0 Å². The monoisotopic (exact) mass is 201 g/mol. The molecule has 0 spiro atoms. The van der Waals surface area contributed by atoms with Crippen molar-refractivity contribution in [2.24, 2.45) is 0 Å². The highest BCUT2D eigenvalue weighted by atomic mass is 32.2. The molecule has 0 radical (unpaired) electrons. The Bertz CT molecular complexity index is 354. The third-order valence-electron chi connectivity index (χ3n) is 1.39. The van der Waals surface area contributed by atoms with E-state index in [1.807, 2.05) is 0 Å². The van der Waals surface area contributed by atoms with Gasteiger partial charge in [-0.05, 0) is 6.07 Å². The van der Waals surface area contributed by atoms with Crippen LogP contribution in [0.1, 0.15) is 0 Å². The van der Waals surface area contributed by atoms with Gasteiger partial charge in [-0.2, -0.15) is 0 Å². The Morgan fingerprint density at radius 1 is 1.62 bits per heavy atom. The molecular formula is C7H9N2O3S+. The van der Waals surface area contributed by atoms with Crippen LogP contribution in [0, 0.1) is 0 Å². The molecule has 0 aromatic carbocycles. The minimum atomic E-state index is -1.19. The maximum Gasteiger partial charge on any atom is 0.245 e. The number of amides is 1. The zero-order valence-corrected chi connectivity index (χ0v) is 7.75. The fourth-order valence-corrected chi connectivity index (χ4v) is 1.39. The summed E-state index contributed by atoms with van der Waals surface area (Å²) in [5.74, 6) is 0. The Hall–Kier alpha value is -1.43. The van der Waals surface area contributed by atoms with E-state index in [2.05, 4.69) is 5.32 Å². The van der Waals surface area contributed by atoms with E-state index in [0.717, 1.165) is 4.73 Å². The van der Waals surface area contributed by atoms with Crippen molar-refractivity contribution >= 4 is 22.9 Å². The molecule has 5 nitrogen and oxygen atoms in total. The van der Waals surface area contributed by atoms with Crippen molar-refractivity contribution < 1.29 is 18.9 Å². The first kappa shape index (κ1) is 9.66. The van der Waals surface area contributed by atoms with Crippen molar-refractivity contribution in [3.8, 4) is 0 Å². The van der Waals surface area contributed by atoms with Crippen molar-refractivity contribution in [3.63, 3.8) is 0 Å². The largest absolute Gasteiger partial charge is 0.324 e. The third-order valence-corrected chi connectivity index (χ3v) is 2.27. The number of carbonyl (C=O) groups excluding carboxylic acids is 1.